The Morgan fingerprint density at radius 3 is 2.53 bits per heavy atom. The van der Waals surface area contributed by atoms with Crippen LogP contribution >= 0.6 is 11.3 Å². The number of hydrogen-bond acceptors (Lipinski definition) is 8. The van der Waals surface area contributed by atoms with E-state index in [1.54, 1.807) is 35.2 Å². The molecule has 32 heavy (non-hydrogen) atoms. The van der Waals surface area contributed by atoms with Gasteiger partial charge in [-0.1, -0.05) is 37.3 Å². The number of allylic oxidation sites excluding steroid dienone is 3. The summed E-state index contributed by atoms with van der Waals surface area (Å²) in [5, 5.41) is 30.9. The van der Waals surface area contributed by atoms with E-state index in [1.807, 2.05) is 13.8 Å². The van der Waals surface area contributed by atoms with Gasteiger partial charge in [0.2, 0.25) is 0 Å². The molecule has 0 saturated heterocycles. The van der Waals surface area contributed by atoms with Gasteiger partial charge in [0, 0.05) is 28.6 Å². The molecule has 0 bridgehead atoms. The predicted octanol–water partition coefficient (Wildman–Crippen LogP) is 4.47. The highest BCUT2D eigenvalue weighted by molar-refractivity contribution is 7.15. The predicted molar refractivity (Wildman–Crippen MR) is 119 cm³/mol. The maximum Gasteiger partial charge on any atom is 0.324 e. The van der Waals surface area contributed by atoms with Crippen LogP contribution < -0.4 is 10.6 Å². The Kier molecular flexibility index (Phi) is 5.08. The minimum atomic E-state index is -0.775. The first kappa shape index (κ1) is 21.3. The molecule has 2 heterocycles. The van der Waals surface area contributed by atoms with Crippen molar-refractivity contribution < 1.29 is 9.72 Å². The van der Waals surface area contributed by atoms with Gasteiger partial charge < -0.3 is 5.73 Å². The van der Waals surface area contributed by atoms with Crippen molar-refractivity contribution in [3.8, 4) is 12.1 Å². The van der Waals surface area contributed by atoms with Gasteiger partial charge in [-0.3, -0.25) is 19.8 Å². The van der Waals surface area contributed by atoms with Crippen LogP contribution in [0, 0.1) is 38.2 Å². The van der Waals surface area contributed by atoms with Gasteiger partial charge in [-0.15, -0.1) is 0 Å². The number of thiophene rings is 1. The van der Waals surface area contributed by atoms with E-state index in [9.17, 15) is 25.4 Å². The molecule has 1 aromatic carbocycles. The first-order valence-electron chi connectivity index (χ1n) is 9.88. The number of benzene rings is 1. The molecular formula is C23H19N5O3S. The van der Waals surface area contributed by atoms with Gasteiger partial charge in [0.05, 0.1) is 33.7 Å². The molecule has 0 amide bonds. The molecule has 0 spiro atoms. The summed E-state index contributed by atoms with van der Waals surface area (Å²) < 4.78 is 0. The van der Waals surface area contributed by atoms with E-state index >= 15 is 0 Å². The Labute approximate surface area is 188 Å². The lowest BCUT2D eigenvalue weighted by Crippen LogP contribution is -2.42. The molecular weight excluding hydrogens is 426 g/mol. The van der Waals surface area contributed by atoms with E-state index in [-0.39, 0.29) is 34.0 Å². The van der Waals surface area contributed by atoms with Gasteiger partial charge in [-0.2, -0.15) is 10.5 Å². The fourth-order valence-electron chi connectivity index (χ4n) is 4.43. The average Bonchev–Trinajstić information content (AvgIpc) is 3.22. The van der Waals surface area contributed by atoms with Crippen LogP contribution in [0.3, 0.4) is 0 Å². The molecule has 2 aromatic rings. The quantitative estimate of drug-likeness (QED) is 0.543. The number of carbonyl (C=O) groups is 1. The van der Waals surface area contributed by atoms with E-state index < -0.39 is 10.8 Å². The monoisotopic (exact) mass is 445 g/mol. The Hall–Kier alpha value is -3.95. The normalized spacial score (nSPS) is 19.9. The summed E-state index contributed by atoms with van der Waals surface area (Å²) in [6.45, 7) is 3.96. The zero-order valence-corrected chi connectivity index (χ0v) is 18.3. The summed E-state index contributed by atoms with van der Waals surface area (Å²) in [7, 11) is 0. The number of rotatable bonds is 3. The van der Waals surface area contributed by atoms with E-state index in [0.717, 1.165) is 11.3 Å². The number of nitriles is 2. The smallest absolute Gasteiger partial charge is 0.324 e. The van der Waals surface area contributed by atoms with Crippen LogP contribution in [0.5, 0.6) is 0 Å². The molecule has 0 fully saturated rings. The molecule has 2 aliphatic rings. The standard InChI is InChI=1S/C23H19N5O3S/c1-23(2)9-16-21(17(29)10-23)20(18-7-8-19(32-18)28(30)31)14(12-25)22(26)27(16)15-6-4-3-5-13(15)11-24/h3-8,20H,9-10,26H2,1-2H3/t20-/m0/s1. The number of ketones is 1. The maximum absolute atomic E-state index is 13.4. The molecule has 0 radical (unpaired) electrons. The number of carbonyl (C=O) groups excluding carboxylic acids is 1. The Morgan fingerprint density at radius 1 is 1.19 bits per heavy atom. The van der Waals surface area contributed by atoms with Crippen molar-refractivity contribution in [1.29, 1.82) is 10.5 Å². The van der Waals surface area contributed by atoms with E-state index in [2.05, 4.69) is 12.1 Å². The molecule has 4 rings (SSSR count). The second kappa shape index (κ2) is 7.63. The second-order valence-electron chi connectivity index (χ2n) is 8.54. The summed E-state index contributed by atoms with van der Waals surface area (Å²) in [6, 6.07) is 14.1. The lowest BCUT2D eigenvalue weighted by Gasteiger charge is -2.43. The van der Waals surface area contributed by atoms with E-state index in [4.69, 9.17) is 5.73 Å². The molecule has 1 aliphatic carbocycles. The van der Waals surface area contributed by atoms with Crippen LogP contribution in [-0.4, -0.2) is 10.7 Å². The first-order valence-corrected chi connectivity index (χ1v) is 10.7. The van der Waals surface area contributed by atoms with E-state index in [1.165, 1.54) is 6.07 Å². The number of hydrogen-bond donors (Lipinski definition) is 1. The van der Waals surface area contributed by atoms with Crippen LogP contribution in [0.25, 0.3) is 0 Å². The fourth-order valence-corrected chi connectivity index (χ4v) is 5.37. The van der Waals surface area contributed by atoms with Crippen LogP contribution in [0.4, 0.5) is 10.7 Å². The second-order valence-corrected chi connectivity index (χ2v) is 9.64. The van der Waals surface area contributed by atoms with Crippen molar-refractivity contribution in [3.05, 3.63) is 79.6 Å². The third-order valence-corrected chi connectivity index (χ3v) is 6.83. The molecule has 1 aromatic heterocycles. The van der Waals surface area contributed by atoms with Gasteiger partial charge in [0.1, 0.15) is 11.9 Å². The lowest BCUT2D eigenvalue weighted by atomic mass is 9.69. The summed E-state index contributed by atoms with van der Waals surface area (Å²) in [4.78, 5) is 26.3. The van der Waals surface area contributed by atoms with Crippen molar-refractivity contribution >= 4 is 27.8 Å². The van der Waals surface area contributed by atoms with Crippen LogP contribution in [-0.2, 0) is 4.79 Å². The number of Topliss-reactive ketones (excluding diaryl/α,β-unsaturated/α-hetero) is 1. The Morgan fingerprint density at radius 2 is 1.91 bits per heavy atom. The number of para-hydroxylation sites is 1. The van der Waals surface area contributed by atoms with Gasteiger partial charge in [-0.05, 0) is 30.0 Å². The highest BCUT2D eigenvalue weighted by Gasteiger charge is 2.45. The SMILES string of the molecule is CC1(C)CC(=O)C2=C(C1)N(c1ccccc1C#N)C(N)=C(C#N)[C@H]2c1ccc([N+](=O)[O-])s1. The van der Waals surface area contributed by atoms with Crippen molar-refractivity contribution in [3.63, 3.8) is 0 Å². The van der Waals surface area contributed by atoms with Crippen molar-refractivity contribution in [2.45, 2.75) is 32.6 Å². The van der Waals surface area contributed by atoms with Crippen molar-refractivity contribution in [2.24, 2.45) is 11.1 Å². The number of nitrogens with two attached hydrogens (primary N) is 1. The van der Waals surface area contributed by atoms with Crippen LogP contribution in [0.2, 0.25) is 0 Å². The first-order chi connectivity index (χ1) is 15.2. The zero-order valence-electron chi connectivity index (χ0n) is 17.5. The highest BCUT2D eigenvalue weighted by atomic mass is 32.1. The van der Waals surface area contributed by atoms with E-state index in [0.29, 0.717) is 33.8 Å². The molecule has 8 nitrogen and oxygen atoms in total. The Bertz CT molecular complexity index is 1310. The summed E-state index contributed by atoms with van der Waals surface area (Å²) in [5.74, 6) is -0.778. The number of nitrogens with zero attached hydrogens (tertiary/aromatic N) is 4. The fraction of sp³-hybridized carbons (Fsp3) is 0.261. The minimum absolute atomic E-state index is 0.0705. The molecule has 2 N–H and O–H groups in total. The zero-order chi connectivity index (χ0) is 23.2. The summed E-state index contributed by atoms with van der Waals surface area (Å²) in [5.41, 5.74) is 8.21. The molecule has 0 unspecified atom stereocenters. The third-order valence-electron chi connectivity index (χ3n) is 5.72. The summed E-state index contributed by atoms with van der Waals surface area (Å²) in [6.07, 6.45) is 0.777. The Balaban J connectivity index is 2.02. The van der Waals surface area contributed by atoms with Gasteiger partial charge in [-0.25, -0.2) is 0 Å². The molecule has 0 saturated carbocycles. The topological polar surface area (TPSA) is 137 Å². The van der Waals surface area contributed by atoms with Gasteiger partial charge in [0.25, 0.3) is 0 Å². The van der Waals surface area contributed by atoms with Crippen LogP contribution in [0.1, 0.15) is 43.0 Å². The molecule has 1 atom stereocenters. The minimum Gasteiger partial charge on any atom is -0.384 e. The average molecular weight is 446 g/mol. The molecule has 160 valence electrons. The summed E-state index contributed by atoms with van der Waals surface area (Å²) >= 11 is 0.934. The lowest BCUT2D eigenvalue weighted by molar-refractivity contribution is -0.380. The highest BCUT2D eigenvalue weighted by Crippen LogP contribution is 2.51. The third kappa shape index (κ3) is 3.33. The number of anilines is 1. The van der Waals surface area contributed by atoms with Gasteiger partial charge >= 0.3 is 5.00 Å². The van der Waals surface area contributed by atoms with Crippen molar-refractivity contribution in [2.75, 3.05) is 4.90 Å². The maximum atomic E-state index is 13.4. The largest absolute Gasteiger partial charge is 0.384 e. The van der Waals surface area contributed by atoms with Crippen molar-refractivity contribution in [1.82, 2.24) is 0 Å². The van der Waals surface area contributed by atoms with Crippen LogP contribution in [0.15, 0.2) is 59.1 Å². The van der Waals surface area contributed by atoms with Gasteiger partial charge in [0.15, 0.2) is 5.78 Å². The molecule has 1 aliphatic heterocycles. The molecule has 9 heteroatoms. The number of nitro groups is 1.